The minimum atomic E-state index is -0.745. The van der Waals surface area contributed by atoms with Crippen molar-refractivity contribution in [3.05, 3.63) is 107 Å². The molecule has 0 spiro atoms. The van der Waals surface area contributed by atoms with Crippen LogP contribution in [-0.4, -0.2) is 21.7 Å². The van der Waals surface area contributed by atoms with E-state index in [4.69, 9.17) is 0 Å². The first kappa shape index (κ1) is 19.2. The number of amides is 2. The summed E-state index contributed by atoms with van der Waals surface area (Å²) in [7, 11) is 0. The van der Waals surface area contributed by atoms with Gasteiger partial charge in [-0.1, -0.05) is 66.7 Å². The fraction of sp³-hybridized carbons (Fsp3) is 0.0800. The molecule has 0 fully saturated rings. The molecule has 0 bridgehead atoms. The molecule has 5 rings (SSSR count). The summed E-state index contributed by atoms with van der Waals surface area (Å²) in [5.41, 5.74) is 4.48. The van der Waals surface area contributed by atoms with E-state index in [0.717, 1.165) is 22.3 Å². The Balaban J connectivity index is 1.49. The number of carbonyl (C=O) groups excluding carboxylic acids is 2. The van der Waals surface area contributed by atoms with Crippen molar-refractivity contribution >= 4 is 28.3 Å². The van der Waals surface area contributed by atoms with Gasteiger partial charge in [0.2, 0.25) is 0 Å². The Kier molecular flexibility index (Phi) is 5.06. The van der Waals surface area contributed by atoms with E-state index in [1.54, 1.807) is 16.5 Å². The molecule has 3 aromatic carbocycles. The Hall–Kier alpha value is -3.77. The summed E-state index contributed by atoms with van der Waals surface area (Å²) in [6.07, 6.45) is 1.64. The average Bonchev–Trinajstić information content (AvgIpc) is 3.43. The van der Waals surface area contributed by atoms with Crippen molar-refractivity contribution in [1.82, 2.24) is 9.88 Å². The van der Waals surface area contributed by atoms with Crippen LogP contribution in [0.15, 0.2) is 90.4 Å². The van der Waals surface area contributed by atoms with E-state index in [-0.39, 0.29) is 11.8 Å². The minimum absolute atomic E-state index is 0.141. The molecule has 0 radical (unpaired) electrons. The molecule has 1 aromatic heterocycles. The van der Waals surface area contributed by atoms with E-state index in [1.165, 1.54) is 11.3 Å². The van der Waals surface area contributed by atoms with Crippen LogP contribution in [0.2, 0.25) is 0 Å². The van der Waals surface area contributed by atoms with E-state index in [9.17, 15) is 9.59 Å². The van der Waals surface area contributed by atoms with Gasteiger partial charge in [0.15, 0.2) is 5.13 Å². The van der Waals surface area contributed by atoms with Crippen LogP contribution in [-0.2, 0) is 11.3 Å². The Morgan fingerprint density at radius 1 is 0.968 bits per heavy atom. The highest BCUT2D eigenvalue weighted by Gasteiger charge is 2.37. The molecule has 2 amide bonds. The Morgan fingerprint density at radius 2 is 1.71 bits per heavy atom. The van der Waals surface area contributed by atoms with E-state index >= 15 is 0 Å². The van der Waals surface area contributed by atoms with E-state index < -0.39 is 6.04 Å². The standard InChI is InChI=1S/C25H19N3O2S/c29-23(27-25-26-13-14-31-25)22(18-9-5-2-6-10-18)28-16-20-15-19(11-12-21(20)24(28)30)17-7-3-1-4-8-17/h1-15,22H,16H2,(H,26,27,29)/t22-/m1/s1. The number of hydrogen-bond donors (Lipinski definition) is 1. The van der Waals surface area contributed by atoms with Crippen molar-refractivity contribution < 1.29 is 9.59 Å². The van der Waals surface area contributed by atoms with Gasteiger partial charge in [-0.05, 0) is 34.4 Å². The maximum Gasteiger partial charge on any atom is 0.255 e. The molecule has 0 aliphatic carbocycles. The first-order chi connectivity index (χ1) is 15.2. The molecule has 2 heterocycles. The average molecular weight is 426 g/mol. The maximum atomic E-state index is 13.3. The monoisotopic (exact) mass is 425 g/mol. The van der Waals surface area contributed by atoms with Crippen LogP contribution >= 0.6 is 11.3 Å². The normalized spacial score (nSPS) is 13.7. The highest BCUT2D eigenvalue weighted by atomic mass is 32.1. The van der Waals surface area contributed by atoms with Crippen LogP contribution in [0.3, 0.4) is 0 Å². The van der Waals surface area contributed by atoms with Crippen LogP contribution in [0.4, 0.5) is 5.13 Å². The molecule has 1 atom stereocenters. The summed E-state index contributed by atoms with van der Waals surface area (Å²) < 4.78 is 0. The fourth-order valence-corrected chi connectivity index (χ4v) is 4.46. The number of benzene rings is 3. The van der Waals surface area contributed by atoms with Crippen molar-refractivity contribution in [3.63, 3.8) is 0 Å². The minimum Gasteiger partial charge on any atom is -0.318 e. The second-order valence-electron chi connectivity index (χ2n) is 7.31. The van der Waals surface area contributed by atoms with Gasteiger partial charge in [0, 0.05) is 23.7 Å². The largest absolute Gasteiger partial charge is 0.318 e. The molecule has 1 aliphatic heterocycles. The smallest absolute Gasteiger partial charge is 0.255 e. The Labute approximate surface area is 184 Å². The van der Waals surface area contributed by atoms with Gasteiger partial charge < -0.3 is 4.90 Å². The quantitative estimate of drug-likeness (QED) is 0.481. The number of aromatic nitrogens is 1. The number of nitrogens with zero attached hydrogens (tertiary/aromatic N) is 2. The number of anilines is 1. The van der Waals surface area contributed by atoms with E-state index in [0.29, 0.717) is 17.2 Å². The van der Waals surface area contributed by atoms with Crippen LogP contribution in [0.1, 0.15) is 27.5 Å². The summed E-state index contributed by atoms with van der Waals surface area (Å²) in [4.78, 5) is 32.3. The zero-order valence-electron chi connectivity index (χ0n) is 16.6. The molecule has 0 saturated carbocycles. The van der Waals surface area contributed by atoms with Crippen molar-refractivity contribution in [2.45, 2.75) is 12.6 Å². The van der Waals surface area contributed by atoms with Crippen LogP contribution in [0, 0.1) is 0 Å². The van der Waals surface area contributed by atoms with Gasteiger partial charge in [0.1, 0.15) is 6.04 Å². The highest BCUT2D eigenvalue weighted by Crippen LogP contribution is 2.34. The van der Waals surface area contributed by atoms with Gasteiger partial charge in [0.25, 0.3) is 11.8 Å². The van der Waals surface area contributed by atoms with Crippen molar-refractivity contribution in [3.8, 4) is 11.1 Å². The summed E-state index contributed by atoms with van der Waals surface area (Å²) in [6, 6.07) is 24.6. The van der Waals surface area contributed by atoms with Crippen molar-refractivity contribution in [2.24, 2.45) is 0 Å². The van der Waals surface area contributed by atoms with E-state index in [2.05, 4.69) is 10.3 Å². The lowest BCUT2D eigenvalue weighted by Gasteiger charge is -2.27. The number of fused-ring (bicyclic) bond motifs is 1. The summed E-state index contributed by atoms with van der Waals surface area (Å²) in [5.74, 6) is -0.414. The van der Waals surface area contributed by atoms with Gasteiger partial charge in [0.05, 0.1) is 0 Å². The van der Waals surface area contributed by atoms with Crippen LogP contribution < -0.4 is 5.32 Å². The van der Waals surface area contributed by atoms with Gasteiger partial charge >= 0.3 is 0 Å². The van der Waals surface area contributed by atoms with Crippen molar-refractivity contribution in [1.29, 1.82) is 0 Å². The summed E-state index contributed by atoms with van der Waals surface area (Å²) >= 11 is 1.35. The summed E-state index contributed by atoms with van der Waals surface area (Å²) in [5, 5.41) is 5.17. The zero-order chi connectivity index (χ0) is 21.2. The number of thiazole rings is 1. The number of hydrogen-bond acceptors (Lipinski definition) is 4. The molecule has 1 aliphatic rings. The molecular weight excluding hydrogens is 406 g/mol. The lowest BCUT2D eigenvalue weighted by molar-refractivity contribution is -0.120. The molecule has 152 valence electrons. The molecule has 31 heavy (non-hydrogen) atoms. The molecule has 0 saturated heterocycles. The third-order valence-electron chi connectivity index (χ3n) is 5.38. The van der Waals surface area contributed by atoms with Crippen LogP contribution in [0.5, 0.6) is 0 Å². The third-order valence-corrected chi connectivity index (χ3v) is 6.07. The zero-order valence-corrected chi connectivity index (χ0v) is 17.4. The predicted octanol–water partition coefficient (Wildman–Crippen LogP) is 5.15. The summed E-state index contributed by atoms with van der Waals surface area (Å²) in [6.45, 7) is 0.375. The molecule has 1 N–H and O–H groups in total. The van der Waals surface area contributed by atoms with Crippen molar-refractivity contribution in [2.75, 3.05) is 5.32 Å². The lowest BCUT2D eigenvalue weighted by Crippen LogP contribution is -2.37. The van der Waals surface area contributed by atoms with E-state index in [1.807, 2.05) is 78.9 Å². The Bertz CT molecular complexity index is 1220. The molecule has 6 heteroatoms. The molecular formula is C25H19N3O2S. The second kappa shape index (κ2) is 8.16. The highest BCUT2D eigenvalue weighted by molar-refractivity contribution is 7.13. The SMILES string of the molecule is O=C(Nc1nccs1)[C@@H](c1ccccc1)N1Cc2cc(-c3ccccc3)ccc2C1=O. The first-order valence-corrected chi connectivity index (χ1v) is 10.8. The molecule has 0 unspecified atom stereocenters. The Morgan fingerprint density at radius 3 is 2.42 bits per heavy atom. The predicted molar refractivity (Wildman–Crippen MR) is 122 cm³/mol. The topological polar surface area (TPSA) is 62.3 Å². The number of rotatable bonds is 5. The number of carbonyl (C=O) groups is 2. The fourth-order valence-electron chi connectivity index (χ4n) is 3.93. The second-order valence-corrected chi connectivity index (χ2v) is 8.21. The lowest BCUT2D eigenvalue weighted by atomic mass is 10.0. The molecule has 4 aromatic rings. The number of nitrogens with one attached hydrogen (secondary N) is 1. The van der Waals surface area contributed by atoms with Gasteiger partial charge in [-0.3, -0.25) is 14.9 Å². The third kappa shape index (κ3) is 3.73. The molecule has 5 nitrogen and oxygen atoms in total. The van der Waals surface area contributed by atoms with Gasteiger partial charge in [-0.2, -0.15) is 0 Å². The maximum absolute atomic E-state index is 13.3. The van der Waals surface area contributed by atoms with Crippen LogP contribution in [0.25, 0.3) is 11.1 Å². The van der Waals surface area contributed by atoms with Gasteiger partial charge in [-0.25, -0.2) is 4.98 Å². The first-order valence-electron chi connectivity index (χ1n) is 9.95. The van der Waals surface area contributed by atoms with Gasteiger partial charge in [-0.15, -0.1) is 11.3 Å².